The summed E-state index contributed by atoms with van der Waals surface area (Å²) in [5.41, 5.74) is 4.85. The Hall–Kier alpha value is -2.75. The van der Waals surface area contributed by atoms with Crippen LogP contribution < -0.4 is 0 Å². The van der Waals surface area contributed by atoms with Crippen molar-refractivity contribution < 1.29 is 0 Å². The molecule has 0 atom stereocenters. The van der Waals surface area contributed by atoms with Crippen molar-refractivity contribution >= 4 is 36.6 Å². The first kappa shape index (κ1) is 21.0. The van der Waals surface area contributed by atoms with Gasteiger partial charge in [-0.1, -0.05) is 89.9 Å². The fraction of sp³-hybridized carbons (Fsp3) is 0.0417. The second-order valence-corrected chi connectivity index (χ2v) is 7.23. The Morgan fingerprint density at radius 3 is 2.00 bits per heavy atom. The van der Waals surface area contributed by atoms with E-state index < -0.39 is 0 Å². The minimum absolute atomic E-state index is 0.651. The number of benzene rings is 3. The lowest BCUT2D eigenvalue weighted by Crippen LogP contribution is -1.91. The fourth-order valence-electron chi connectivity index (χ4n) is 2.98. The van der Waals surface area contributed by atoms with Gasteiger partial charge >= 0.3 is 0 Å². The molecule has 29 heavy (non-hydrogen) atoms. The molecule has 0 radical (unpaired) electrons. The van der Waals surface area contributed by atoms with Crippen LogP contribution in [0.25, 0.3) is 5.57 Å². The number of H-pyrrole nitrogens is 1. The summed E-state index contributed by atoms with van der Waals surface area (Å²) >= 11 is 11.8. The van der Waals surface area contributed by atoms with Crippen LogP contribution in [0.4, 0.5) is 0 Å². The van der Waals surface area contributed by atoms with Crippen molar-refractivity contribution in [2.45, 2.75) is 6.42 Å². The summed E-state index contributed by atoms with van der Waals surface area (Å²) in [6, 6.07) is 26.4. The average molecular weight is 419 g/mol. The molecule has 1 heterocycles. The van der Waals surface area contributed by atoms with Crippen molar-refractivity contribution in [3.63, 3.8) is 0 Å². The van der Waals surface area contributed by atoms with Gasteiger partial charge in [0.05, 0.1) is 0 Å². The summed E-state index contributed by atoms with van der Waals surface area (Å²) < 4.78 is 0. The first-order valence-corrected chi connectivity index (χ1v) is 10.1. The van der Waals surface area contributed by atoms with Crippen LogP contribution in [0.5, 0.6) is 0 Å². The number of nitrogens with one attached hydrogen (secondary N) is 1. The van der Waals surface area contributed by atoms with Gasteiger partial charge in [-0.25, -0.2) is 4.98 Å². The summed E-state index contributed by atoms with van der Waals surface area (Å²) in [4.78, 5) is 7.15. The van der Waals surface area contributed by atoms with E-state index in [0.29, 0.717) is 16.5 Å². The molecule has 144 valence electrons. The number of hydrogen-bond acceptors (Lipinski definition) is 1. The van der Waals surface area contributed by atoms with Crippen LogP contribution in [0.3, 0.4) is 0 Å². The van der Waals surface area contributed by atoms with Crippen LogP contribution >= 0.6 is 23.2 Å². The third-order valence-electron chi connectivity index (χ3n) is 4.39. The zero-order valence-electron chi connectivity index (χ0n) is 16.1. The summed E-state index contributed by atoms with van der Waals surface area (Å²) in [6.07, 6.45) is 4.21. The van der Waals surface area contributed by atoms with E-state index in [1.54, 1.807) is 18.5 Å². The SMILES string of the molecule is BC=C(c1ccccc1)c1ccccc1.Clc1ccc(Cc2ncc[nH]2)c(Cl)c1. The number of nitrogens with zero attached hydrogens (tertiary/aromatic N) is 1. The lowest BCUT2D eigenvalue weighted by atomic mass is 9.92. The van der Waals surface area contributed by atoms with E-state index in [-0.39, 0.29) is 0 Å². The number of aromatic amines is 1. The van der Waals surface area contributed by atoms with Crippen LogP contribution in [-0.2, 0) is 6.42 Å². The Balaban J connectivity index is 0.000000166. The van der Waals surface area contributed by atoms with Crippen molar-refractivity contribution in [3.8, 4) is 0 Å². The molecule has 2 nitrogen and oxygen atoms in total. The highest BCUT2D eigenvalue weighted by Gasteiger charge is 2.03. The van der Waals surface area contributed by atoms with Crippen molar-refractivity contribution in [1.29, 1.82) is 0 Å². The molecule has 4 rings (SSSR count). The predicted octanol–water partition coefficient (Wildman–Crippen LogP) is 6.02. The molecule has 0 spiro atoms. The molecule has 0 aliphatic heterocycles. The second kappa shape index (κ2) is 10.7. The van der Waals surface area contributed by atoms with E-state index in [1.807, 2.05) is 24.3 Å². The summed E-state index contributed by atoms with van der Waals surface area (Å²) in [5.74, 6) is 3.05. The van der Waals surface area contributed by atoms with Gasteiger partial charge in [0.1, 0.15) is 13.7 Å². The van der Waals surface area contributed by atoms with E-state index in [4.69, 9.17) is 23.2 Å². The van der Waals surface area contributed by atoms with E-state index in [9.17, 15) is 0 Å². The van der Waals surface area contributed by atoms with Crippen LogP contribution in [-0.4, -0.2) is 17.8 Å². The summed E-state index contributed by atoms with van der Waals surface area (Å²) in [5, 5.41) is 1.33. The minimum atomic E-state index is 0.651. The lowest BCUT2D eigenvalue weighted by Gasteiger charge is -2.07. The highest BCUT2D eigenvalue weighted by atomic mass is 35.5. The number of rotatable bonds is 4. The molecule has 0 saturated heterocycles. The number of imidazole rings is 1. The van der Waals surface area contributed by atoms with Crippen LogP contribution in [0.2, 0.25) is 10.0 Å². The maximum atomic E-state index is 6.02. The molecule has 0 amide bonds. The molecular formula is C24H21BCl2N2. The average Bonchev–Trinajstić information content (AvgIpc) is 3.26. The molecule has 5 heteroatoms. The molecular weight excluding hydrogens is 398 g/mol. The Bertz CT molecular complexity index is 1010. The van der Waals surface area contributed by atoms with Crippen LogP contribution in [0.15, 0.2) is 97.2 Å². The van der Waals surface area contributed by atoms with Gasteiger partial charge in [0, 0.05) is 28.9 Å². The Kier molecular flexibility index (Phi) is 7.74. The smallest absolute Gasteiger partial charge is 0.130 e. The number of hydrogen-bond donors (Lipinski definition) is 1. The summed E-state index contributed by atoms with van der Waals surface area (Å²) in [7, 11) is 2.08. The Morgan fingerprint density at radius 2 is 1.52 bits per heavy atom. The topological polar surface area (TPSA) is 28.7 Å². The van der Waals surface area contributed by atoms with Gasteiger partial charge in [0.15, 0.2) is 0 Å². The highest BCUT2D eigenvalue weighted by molar-refractivity contribution is 6.35. The fourth-order valence-corrected chi connectivity index (χ4v) is 3.45. The van der Waals surface area contributed by atoms with Crippen molar-refractivity contribution in [3.05, 3.63) is 130 Å². The first-order valence-electron chi connectivity index (χ1n) is 9.36. The third kappa shape index (κ3) is 6.12. The van der Waals surface area contributed by atoms with E-state index >= 15 is 0 Å². The van der Waals surface area contributed by atoms with Gasteiger partial charge < -0.3 is 4.98 Å². The quantitative estimate of drug-likeness (QED) is 0.403. The zero-order valence-corrected chi connectivity index (χ0v) is 17.7. The number of aromatic nitrogens is 2. The Labute approximate surface area is 182 Å². The first-order chi connectivity index (χ1) is 14.2. The molecule has 0 fully saturated rings. The molecule has 4 aromatic rings. The highest BCUT2D eigenvalue weighted by Crippen LogP contribution is 2.23. The molecule has 3 aromatic carbocycles. The molecule has 0 bridgehead atoms. The van der Waals surface area contributed by atoms with Gasteiger partial charge in [-0.2, -0.15) is 0 Å². The van der Waals surface area contributed by atoms with Gasteiger partial charge in [0.25, 0.3) is 0 Å². The molecule has 0 saturated carbocycles. The maximum absolute atomic E-state index is 6.02. The van der Waals surface area contributed by atoms with Gasteiger partial charge in [-0.05, 0) is 34.4 Å². The monoisotopic (exact) mass is 418 g/mol. The van der Waals surface area contributed by atoms with Gasteiger partial charge in [-0.3, -0.25) is 0 Å². The van der Waals surface area contributed by atoms with E-state index in [0.717, 1.165) is 11.4 Å². The van der Waals surface area contributed by atoms with Crippen molar-refractivity contribution in [1.82, 2.24) is 9.97 Å². The molecule has 1 N–H and O–H groups in total. The molecule has 0 unspecified atom stereocenters. The van der Waals surface area contributed by atoms with Crippen molar-refractivity contribution in [2.75, 3.05) is 0 Å². The zero-order chi connectivity index (χ0) is 20.5. The largest absolute Gasteiger partial charge is 0.348 e. The molecule has 1 aromatic heterocycles. The predicted molar refractivity (Wildman–Crippen MR) is 126 cm³/mol. The van der Waals surface area contributed by atoms with E-state index in [1.165, 1.54) is 16.7 Å². The third-order valence-corrected chi connectivity index (χ3v) is 4.97. The lowest BCUT2D eigenvalue weighted by molar-refractivity contribution is 1.03. The second-order valence-electron chi connectivity index (χ2n) is 6.38. The number of halogens is 2. The van der Waals surface area contributed by atoms with Crippen LogP contribution in [0, 0.1) is 0 Å². The van der Waals surface area contributed by atoms with Gasteiger partial charge in [0.2, 0.25) is 0 Å². The van der Waals surface area contributed by atoms with Crippen LogP contribution in [0.1, 0.15) is 22.5 Å². The Morgan fingerprint density at radius 1 is 0.897 bits per heavy atom. The van der Waals surface area contributed by atoms with Gasteiger partial charge in [-0.15, -0.1) is 5.98 Å². The molecule has 0 aliphatic carbocycles. The van der Waals surface area contributed by atoms with E-state index in [2.05, 4.69) is 72.3 Å². The maximum Gasteiger partial charge on any atom is 0.130 e. The standard InChI is InChI=1S/C14H13B.C10H8Cl2N2/c15-11-14(12-7-3-1-4-8-12)13-9-5-2-6-10-13;11-8-2-1-7(9(12)6-8)5-10-13-3-4-14-10/h1-11H,15H2;1-4,6H,5H2,(H,13,14). The molecule has 0 aliphatic rings. The van der Waals surface area contributed by atoms with Crippen molar-refractivity contribution in [2.24, 2.45) is 0 Å². The minimum Gasteiger partial charge on any atom is -0.348 e. The normalized spacial score (nSPS) is 10.0. The summed E-state index contributed by atoms with van der Waals surface area (Å²) in [6.45, 7) is 0.